The molecule has 0 amide bonds. The van der Waals surface area contributed by atoms with Gasteiger partial charge < -0.3 is 10.2 Å². The van der Waals surface area contributed by atoms with Crippen molar-refractivity contribution in [3.8, 4) is 22.4 Å². The molecule has 29 heavy (non-hydrogen) atoms. The number of nitrogens with one attached hydrogen (secondary N) is 1. The van der Waals surface area contributed by atoms with Gasteiger partial charge in [0.15, 0.2) is 0 Å². The molecule has 146 valence electrons. The molecule has 0 spiro atoms. The number of aromatic nitrogens is 3. The molecule has 1 saturated heterocycles. The van der Waals surface area contributed by atoms with Gasteiger partial charge in [0.2, 0.25) is 5.78 Å². The summed E-state index contributed by atoms with van der Waals surface area (Å²) in [6.45, 7) is 2.04. The lowest BCUT2D eigenvalue weighted by Gasteiger charge is -2.18. The van der Waals surface area contributed by atoms with E-state index in [1.54, 1.807) is 6.20 Å². The first-order chi connectivity index (χ1) is 14.2. The molecule has 4 aromatic rings. The third-order valence-electron chi connectivity index (χ3n) is 5.51. The summed E-state index contributed by atoms with van der Waals surface area (Å²) in [5, 5.41) is 3.12. The summed E-state index contributed by atoms with van der Waals surface area (Å²) in [5.41, 5.74) is 5.26. The average molecular weight is 387 g/mol. The van der Waals surface area contributed by atoms with Crippen molar-refractivity contribution in [1.82, 2.24) is 14.4 Å². The second-order valence-corrected chi connectivity index (χ2v) is 7.36. The molecule has 0 radical (unpaired) electrons. The second-order valence-electron chi connectivity index (χ2n) is 7.36. The van der Waals surface area contributed by atoms with Crippen molar-refractivity contribution in [3.05, 3.63) is 66.9 Å². The van der Waals surface area contributed by atoms with Gasteiger partial charge in [0.05, 0.1) is 5.69 Å². The number of imidazole rings is 1. The first-order valence-electron chi connectivity index (χ1n) is 9.89. The van der Waals surface area contributed by atoms with E-state index in [4.69, 9.17) is 0 Å². The predicted octanol–water partition coefficient (Wildman–Crippen LogP) is 4.84. The zero-order valence-corrected chi connectivity index (χ0v) is 16.3. The maximum absolute atomic E-state index is 14.6. The minimum Gasteiger partial charge on any atom is -0.388 e. The van der Waals surface area contributed by atoms with Crippen LogP contribution in [-0.2, 0) is 0 Å². The van der Waals surface area contributed by atoms with Crippen molar-refractivity contribution < 1.29 is 4.39 Å². The average Bonchev–Trinajstić information content (AvgIpc) is 3.43. The van der Waals surface area contributed by atoms with Crippen LogP contribution in [0.25, 0.3) is 28.2 Å². The van der Waals surface area contributed by atoms with E-state index in [0.717, 1.165) is 35.6 Å². The molecule has 1 aliphatic rings. The Balaban J connectivity index is 1.52. The van der Waals surface area contributed by atoms with E-state index in [-0.39, 0.29) is 5.82 Å². The molecule has 1 fully saturated rings. The summed E-state index contributed by atoms with van der Waals surface area (Å²) in [5.74, 6) is 0.292. The van der Waals surface area contributed by atoms with E-state index in [1.807, 2.05) is 60.2 Å². The van der Waals surface area contributed by atoms with Crippen LogP contribution in [0.4, 0.5) is 15.8 Å². The zero-order chi connectivity index (χ0) is 19.8. The van der Waals surface area contributed by atoms with Gasteiger partial charge in [-0.15, -0.1) is 0 Å². The Morgan fingerprint density at radius 2 is 1.76 bits per heavy atom. The number of halogens is 1. The van der Waals surface area contributed by atoms with Crippen LogP contribution in [0.2, 0.25) is 0 Å². The number of anilines is 2. The van der Waals surface area contributed by atoms with Gasteiger partial charge in [-0.2, -0.15) is 0 Å². The monoisotopic (exact) mass is 387 g/mol. The summed E-state index contributed by atoms with van der Waals surface area (Å²) in [7, 11) is 1.90. The van der Waals surface area contributed by atoms with Gasteiger partial charge in [-0.3, -0.25) is 4.40 Å². The van der Waals surface area contributed by atoms with E-state index in [2.05, 4.69) is 20.2 Å². The topological polar surface area (TPSA) is 45.5 Å². The highest BCUT2D eigenvalue weighted by molar-refractivity contribution is 5.69. The number of benzene rings is 2. The molecular weight excluding hydrogens is 365 g/mol. The molecule has 0 atom stereocenters. The highest BCUT2D eigenvalue weighted by atomic mass is 19.1. The van der Waals surface area contributed by atoms with Crippen molar-refractivity contribution in [2.45, 2.75) is 12.8 Å². The molecule has 0 aliphatic carbocycles. The number of nitrogens with zero attached hydrogens (tertiary/aromatic N) is 4. The van der Waals surface area contributed by atoms with Gasteiger partial charge in [0.1, 0.15) is 5.82 Å². The molecule has 3 heterocycles. The van der Waals surface area contributed by atoms with Crippen molar-refractivity contribution in [3.63, 3.8) is 0 Å². The lowest BCUT2D eigenvalue weighted by Crippen LogP contribution is -2.17. The molecule has 2 aromatic carbocycles. The SMILES string of the molecule is CNc1ccc(-c2cnc3nc(-c4cc(N5CCCC5)ccc4F)cn3c2)cc1. The van der Waals surface area contributed by atoms with Crippen molar-refractivity contribution in [1.29, 1.82) is 0 Å². The van der Waals surface area contributed by atoms with Crippen LogP contribution in [0, 0.1) is 5.82 Å². The van der Waals surface area contributed by atoms with Gasteiger partial charge in [-0.1, -0.05) is 12.1 Å². The van der Waals surface area contributed by atoms with Crippen LogP contribution in [0.5, 0.6) is 0 Å². The Hall–Kier alpha value is -3.41. The first kappa shape index (κ1) is 17.7. The summed E-state index contributed by atoms with van der Waals surface area (Å²) in [6, 6.07) is 13.4. The quantitative estimate of drug-likeness (QED) is 0.544. The molecule has 6 heteroatoms. The molecule has 1 aliphatic heterocycles. The maximum Gasteiger partial charge on any atom is 0.234 e. The van der Waals surface area contributed by atoms with Gasteiger partial charge >= 0.3 is 0 Å². The van der Waals surface area contributed by atoms with Crippen LogP contribution in [0.15, 0.2) is 61.1 Å². The molecule has 2 aromatic heterocycles. The number of hydrogen-bond acceptors (Lipinski definition) is 4. The molecular formula is C23H22FN5. The fourth-order valence-corrected chi connectivity index (χ4v) is 3.87. The minimum absolute atomic E-state index is 0.265. The van der Waals surface area contributed by atoms with Gasteiger partial charge in [-0.05, 0) is 48.7 Å². The Morgan fingerprint density at radius 3 is 2.52 bits per heavy atom. The van der Waals surface area contributed by atoms with Crippen molar-refractivity contribution >= 4 is 17.2 Å². The third kappa shape index (κ3) is 3.31. The Bertz CT molecular complexity index is 1160. The molecule has 0 unspecified atom stereocenters. The normalized spacial score (nSPS) is 13.9. The zero-order valence-electron chi connectivity index (χ0n) is 16.3. The third-order valence-corrected chi connectivity index (χ3v) is 5.51. The maximum atomic E-state index is 14.6. The first-order valence-corrected chi connectivity index (χ1v) is 9.89. The number of rotatable bonds is 4. The van der Waals surface area contributed by atoms with Crippen LogP contribution in [0.1, 0.15) is 12.8 Å². The number of fused-ring (bicyclic) bond motifs is 1. The molecule has 0 saturated carbocycles. The Labute approximate surface area is 168 Å². The lowest BCUT2D eigenvalue weighted by molar-refractivity contribution is 0.630. The van der Waals surface area contributed by atoms with E-state index in [1.165, 1.54) is 18.9 Å². The molecule has 5 nitrogen and oxygen atoms in total. The van der Waals surface area contributed by atoms with Gasteiger partial charge in [0.25, 0.3) is 0 Å². The van der Waals surface area contributed by atoms with E-state index in [0.29, 0.717) is 17.0 Å². The summed E-state index contributed by atoms with van der Waals surface area (Å²) in [6.07, 6.45) is 8.00. The van der Waals surface area contributed by atoms with Gasteiger partial charge in [-0.25, -0.2) is 14.4 Å². The lowest BCUT2D eigenvalue weighted by atomic mass is 10.1. The van der Waals surface area contributed by atoms with Crippen LogP contribution < -0.4 is 10.2 Å². The fraction of sp³-hybridized carbons (Fsp3) is 0.217. The minimum atomic E-state index is -0.265. The second kappa shape index (κ2) is 7.20. The highest BCUT2D eigenvalue weighted by Crippen LogP contribution is 2.29. The largest absolute Gasteiger partial charge is 0.388 e. The molecule has 5 rings (SSSR count). The Morgan fingerprint density at radius 1 is 0.966 bits per heavy atom. The van der Waals surface area contributed by atoms with Crippen LogP contribution in [0.3, 0.4) is 0 Å². The predicted molar refractivity (Wildman–Crippen MR) is 115 cm³/mol. The van der Waals surface area contributed by atoms with Gasteiger partial charge in [0, 0.05) is 61.2 Å². The summed E-state index contributed by atoms with van der Waals surface area (Å²) < 4.78 is 16.5. The van der Waals surface area contributed by atoms with Crippen molar-refractivity contribution in [2.75, 3.05) is 30.4 Å². The van der Waals surface area contributed by atoms with E-state index in [9.17, 15) is 4.39 Å². The standard InChI is InChI=1S/C23H22FN5/c1-25-18-6-4-16(5-7-18)17-13-26-23-27-22(15-29(23)14-17)20-12-19(8-9-21(20)24)28-10-2-3-11-28/h4-9,12-15,25H,2-3,10-11H2,1H3. The smallest absolute Gasteiger partial charge is 0.234 e. The van der Waals surface area contributed by atoms with E-state index < -0.39 is 0 Å². The van der Waals surface area contributed by atoms with Crippen molar-refractivity contribution in [2.24, 2.45) is 0 Å². The Kier molecular flexibility index (Phi) is 4.39. The highest BCUT2D eigenvalue weighted by Gasteiger charge is 2.16. The fourth-order valence-electron chi connectivity index (χ4n) is 3.87. The van der Waals surface area contributed by atoms with Crippen LogP contribution in [-0.4, -0.2) is 34.5 Å². The van der Waals surface area contributed by atoms with Crippen LogP contribution >= 0.6 is 0 Å². The molecule has 0 bridgehead atoms. The summed E-state index contributed by atoms with van der Waals surface area (Å²) in [4.78, 5) is 11.3. The number of hydrogen-bond donors (Lipinski definition) is 1. The van der Waals surface area contributed by atoms with E-state index >= 15 is 0 Å². The molecule has 1 N–H and O–H groups in total. The summed E-state index contributed by atoms with van der Waals surface area (Å²) >= 11 is 0.